The van der Waals surface area contributed by atoms with Crippen molar-refractivity contribution in [1.29, 1.82) is 0 Å². The molecule has 0 heteroatoms. The third kappa shape index (κ3) is 7.70. The van der Waals surface area contributed by atoms with Crippen LogP contribution in [0.4, 0.5) is 0 Å². The summed E-state index contributed by atoms with van der Waals surface area (Å²) in [5.74, 6) is 2.95. The first-order valence-electron chi connectivity index (χ1n) is 9.75. The maximum absolute atomic E-state index is 2.48. The molecule has 1 saturated carbocycles. The highest BCUT2D eigenvalue weighted by Crippen LogP contribution is 2.35. The summed E-state index contributed by atoms with van der Waals surface area (Å²) in [4.78, 5) is 0. The van der Waals surface area contributed by atoms with Gasteiger partial charge in [-0.1, -0.05) is 104 Å². The fraction of sp³-hybridized carbons (Fsp3) is 1.00. The Morgan fingerprint density at radius 1 is 0.750 bits per heavy atom. The van der Waals surface area contributed by atoms with Crippen LogP contribution in [0.2, 0.25) is 0 Å². The van der Waals surface area contributed by atoms with E-state index in [0.29, 0.717) is 0 Å². The summed E-state index contributed by atoms with van der Waals surface area (Å²) in [5, 5.41) is 0. The Balaban J connectivity index is 2.36. The lowest BCUT2D eigenvalue weighted by Gasteiger charge is -2.30. The average molecular weight is 281 g/mol. The molecule has 0 nitrogen and oxygen atoms in total. The van der Waals surface area contributed by atoms with E-state index in [4.69, 9.17) is 0 Å². The molecule has 1 fully saturated rings. The second-order valence-electron chi connectivity index (χ2n) is 7.57. The summed E-state index contributed by atoms with van der Waals surface area (Å²) in [6.07, 6.45) is 20.8. The van der Waals surface area contributed by atoms with Crippen LogP contribution in [0.3, 0.4) is 0 Å². The zero-order valence-electron chi connectivity index (χ0n) is 14.6. The van der Waals surface area contributed by atoms with Gasteiger partial charge in [0, 0.05) is 0 Å². The molecule has 0 spiro atoms. The number of rotatable bonds is 8. The Labute approximate surface area is 129 Å². The molecule has 1 aliphatic rings. The van der Waals surface area contributed by atoms with E-state index in [9.17, 15) is 0 Å². The van der Waals surface area contributed by atoms with E-state index in [1.165, 1.54) is 89.9 Å². The van der Waals surface area contributed by atoms with Crippen LogP contribution in [0, 0.1) is 17.8 Å². The molecule has 0 aromatic heterocycles. The van der Waals surface area contributed by atoms with Gasteiger partial charge in [0.25, 0.3) is 0 Å². The third-order valence-electron chi connectivity index (χ3n) is 5.50. The van der Waals surface area contributed by atoms with Gasteiger partial charge in [-0.2, -0.15) is 0 Å². The van der Waals surface area contributed by atoms with Crippen molar-refractivity contribution in [2.75, 3.05) is 0 Å². The first kappa shape index (κ1) is 18.1. The first-order chi connectivity index (χ1) is 9.75. The SMILES string of the molecule is CCCCCCCC(C(C)C)C1CCCCCCCC1. The fourth-order valence-electron chi connectivity index (χ4n) is 4.19. The highest BCUT2D eigenvalue weighted by Gasteiger charge is 2.23. The molecule has 1 atom stereocenters. The highest BCUT2D eigenvalue weighted by atomic mass is 14.3. The maximum Gasteiger partial charge on any atom is -0.0363 e. The topological polar surface area (TPSA) is 0 Å². The van der Waals surface area contributed by atoms with Gasteiger partial charge >= 0.3 is 0 Å². The molecular weight excluding hydrogens is 240 g/mol. The van der Waals surface area contributed by atoms with Crippen LogP contribution in [0.5, 0.6) is 0 Å². The second kappa shape index (κ2) is 11.6. The normalized spacial score (nSPS) is 20.4. The lowest BCUT2D eigenvalue weighted by atomic mass is 9.75. The molecule has 0 radical (unpaired) electrons. The molecule has 0 bridgehead atoms. The largest absolute Gasteiger partial charge is 0.0654 e. The van der Waals surface area contributed by atoms with Crippen molar-refractivity contribution >= 4 is 0 Å². The fourth-order valence-corrected chi connectivity index (χ4v) is 4.19. The molecule has 1 rings (SSSR count). The van der Waals surface area contributed by atoms with Crippen LogP contribution in [-0.2, 0) is 0 Å². The minimum absolute atomic E-state index is 0.895. The van der Waals surface area contributed by atoms with Gasteiger partial charge in [0.1, 0.15) is 0 Å². The molecule has 0 amide bonds. The molecule has 1 aliphatic carbocycles. The van der Waals surface area contributed by atoms with Gasteiger partial charge in [0.2, 0.25) is 0 Å². The van der Waals surface area contributed by atoms with Gasteiger partial charge in [-0.15, -0.1) is 0 Å². The molecule has 0 aliphatic heterocycles. The summed E-state index contributed by atoms with van der Waals surface area (Å²) in [5.41, 5.74) is 0. The Morgan fingerprint density at radius 3 is 1.85 bits per heavy atom. The van der Waals surface area contributed by atoms with Crippen molar-refractivity contribution < 1.29 is 0 Å². The third-order valence-corrected chi connectivity index (χ3v) is 5.50. The molecule has 20 heavy (non-hydrogen) atoms. The molecule has 0 heterocycles. The highest BCUT2D eigenvalue weighted by molar-refractivity contribution is 4.74. The molecule has 0 saturated heterocycles. The number of hydrogen-bond donors (Lipinski definition) is 0. The van der Waals surface area contributed by atoms with Crippen LogP contribution in [0.25, 0.3) is 0 Å². The zero-order chi connectivity index (χ0) is 14.6. The van der Waals surface area contributed by atoms with E-state index in [2.05, 4.69) is 20.8 Å². The van der Waals surface area contributed by atoms with Gasteiger partial charge in [-0.25, -0.2) is 0 Å². The first-order valence-corrected chi connectivity index (χ1v) is 9.75. The smallest absolute Gasteiger partial charge is 0.0363 e. The zero-order valence-corrected chi connectivity index (χ0v) is 14.6. The number of unbranched alkanes of at least 4 members (excludes halogenated alkanes) is 4. The lowest BCUT2D eigenvalue weighted by molar-refractivity contribution is 0.202. The monoisotopic (exact) mass is 280 g/mol. The van der Waals surface area contributed by atoms with E-state index in [1.54, 1.807) is 0 Å². The van der Waals surface area contributed by atoms with E-state index >= 15 is 0 Å². The van der Waals surface area contributed by atoms with E-state index in [-0.39, 0.29) is 0 Å². The summed E-state index contributed by atoms with van der Waals surface area (Å²) in [6, 6.07) is 0. The summed E-state index contributed by atoms with van der Waals surface area (Å²) in [7, 11) is 0. The minimum atomic E-state index is 0.895. The number of hydrogen-bond acceptors (Lipinski definition) is 0. The molecule has 0 aromatic carbocycles. The Bertz CT molecular complexity index is 196. The Hall–Kier alpha value is 0. The van der Waals surface area contributed by atoms with Crippen molar-refractivity contribution in [3.63, 3.8) is 0 Å². The Morgan fingerprint density at radius 2 is 1.30 bits per heavy atom. The van der Waals surface area contributed by atoms with Crippen molar-refractivity contribution in [1.82, 2.24) is 0 Å². The predicted molar refractivity (Wildman–Crippen MR) is 92.1 cm³/mol. The Kier molecular flexibility index (Phi) is 10.5. The molecule has 0 aromatic rings. The molecular formula is C20H40. The second-order valence-corrected chi connectivity index (χ2v) is 7.57. The lowest BCUT2D eigenvalue weighted by Crippen LogP contribution is -2.20. The average Bonchev–Trinajstić information content (AvgIpc) is 2.56. The van der Waals surface area contributed by atoms with E-state index in [0.717, 1.165) is 17.8 Å². The van der Waals surface area contributed by atoms with Crippen LogP contribution in [0.15, 0.2) is 0 Å². The maximum atomic E-state index is 2.48. The van der Waals surface area contributed by atoms with E-state index < -0.39 is 0 Å². The van der Waals surface area contributed by atoms with Gasteiger partial charge in [-0.3, -0.25) is 0 Å². The molecule has 1 unspecified atom stereocenters. The van der Waals surface area contributed by atoms with Crippen molar-refractivity contribution in [3.05, 3.63) is 0 Å². The summed E-state index contributed by atoms with van der Waals surface area (Å²) < 4.78 is 0. The van der Waals surface area contributed by atoms with Gasteiger partial charge < -0.3 is 0 Å². The van der Waals surface area contributed by atoms with Crippen molar-refractivity contribution in [2.24, 2.45) is 17.8 Å². The molecule has 120 valence electrons. The van der Waals surface area contributed by atoms with Crippen LogP contribution in [-0.4, -0.2) is 0 Å². The summed E-state index contributed by atoms with van der Waals surface area (Å²) in [6.45, 7) is 7.26. The standard InChI is InChI=1S/C20H40/c1-4-5-6-9-14-17-20(18(2)3)19-15-12-10-7-8-11-13-16-19/h18-20H,4-17H2,1-3H3. The van der Waals surface area contributed by atoms with Gasteiger partial charge in [0.05, 0.1) is 0 Å². The quantitative estimate of drug-likeness (QED) is 0.407. The van der Waals surface area contributed by atoms with Gasteiger partial charge in [-0.05, 0) is 24.2 Å². The predicted octanol–water partition coefficient (Wildman–Crippen LogP) is 7.37. The van der Waals surface area contributed by atoms with Crippen molar-refractivity contribution in [3.8, 4) is 0 Å². The van der Waals surface area contributed by atoms with Crippen molar-refractivity contribution in [2.45, 2.75) is 111 Å². The van der Waals surface area contributed by atoms with E-state index in [1.807, 2.05) is 0 Å². The minimum Gasteiger partial charge on any atom is -0.0654 e. The van der Waals surface area contributed by atoms with Gasteiger partial charge in [0.15, 0.2) is 0 Å². The van der Waals surface area contributed by atoms with Crippen LogP contribution < -0.4 is 0 Å². The summed E-state index contributed by atoms with van der Waals surface area (Å²) >= 11 is 0. The van der Waals surface area contributed by atoms with Crippen LogP contribution in [0.1, 0.15) is 111 Å². The molecule has 0 N–H and O–H groups in total. The van der Waals surface area contributed by atoms with Crippen LogP contribution >= 0.6 is 0 Å².